The van der Waals surface area contributed by atoms with Crippen LogP contribution in [-0.4, -0.2) is 38.3 Å². The summed E-state index contributed by atoms with van der Waals surface area (Å²) in [5.74, 6) is 1.94. The number of rotatable bonds is 7. The summed E-state index contributed by atoms with van der Waals surface area (Å²) in [6, 6.07) is 0. The van der Waals surface area contributed by atoms with Crippen molar-refractivity contribution in [1.82, 2.24) is 4.37 Å². The summed E-state index contributed by atoms with van der Waals surface area (Å²) in [6.45, 7) is 2.45. The van der Waals surface area contributed by atoms with Gasteiger partial charge in [-0.3, -0.25) is 0 Å². The summed E-state index contributed by atoms with van der Waals surface area (Å²) in [6.07, 6.45) is 2.66. The molecule has 1 fully saturated rings. The van der Waals surface area contributed by atoms with E-state index < -0.39 is 0 Å². The van der Waals surface area contributed by atoms with Crippen LogP contribution in [0.5, 0.6) is 5.75 Å². The molecule has 0 amide bonds. The second-order valence-corrected chi connectivity index (χ2v) is 5.10. The topological polar surface area (TPSA) is 60.6 Å². The van der Waals surface area contributed by atoms with Gasteiger partial charge in [0.25, 0.3) is 0 Å². The van der Waals surface area contributed by atoms with Crippen molar-refractivity contribution in [2.24, 2.45) is 5.92 Å². The number of anilines is 2. The SMILES string of the molecule is COc1c(N)nsc1N(C)CCOCC1CC1. The molecule has 0 aromatic carbocycles. The van der Waals surface area contributed by atoms with Gasteiger partial charge in [0, 0.05) is 20.2 Å². The molecule has 1 saturated carbocycles. The van der Waals surface area contributed by atoms with Crippen molar-refractivity contribution < 1.29 is 9.47 Å². The lowest BCUT2D eigenvalue weighted by atomic mass is 10.4. The highest BCUT2D eigenvalue weighted by atomic mass is 32.1. The van der Waals surface area contributed by atoms with E-state index in [0.29, 0.717) is 11.6 Å². The Morgan fingerprint density at radius 2 is 2.29 bits per heavy atom. The Morgan fingerprint density at radius 3 is 2.94 bits per heavy atom. The molecule has 5 nitrogen and oxygen atoms in total. The molecule has 1 aliphatic rings. The predicted molar refractivity (Wildman–Crippen MR) is 69.9 cm³/mol. The maximum Gasteiger partial charge on any atom is 0.197 e. The molecule has 0 spiro atoms. The average Bonchev–Trinajstić information content (AvgIpc) is 3.06. The standard InChI is InChI=1S/C11H19N3O2S/c1-14(5-6-16-7-8-3-4-8)11-9(15-2)10(12)13-17-11/h8H,3-7H2,1-2H3,(H2,12,13). The van der Waals surface area contributed by atoms with Crippen LogP contribution >= 0.6 is 11.5 Å². The van der Waals surface area contributed by atoms with Crippen molar-refractivity contribution in [3.63, 3.8) is 0 Å². The quantitative estimate of drug-likeness (QED) is 0.752. The van der Waals surface area contributed by atoms with Crippen molar-refractivity contribution >= 4 is 22.4 Å². The zero-order valence-corrected chi connectivity index (χ0v) is 11.1. The Bertz CT molecular complexity index is 366. The molecule has 1 heterocycles. The van der Waals surface area contributed by atoms with Gasteiger partial charge in [-0.2, -0.15) is 4.37 Å². The minimum atomic E-state index is 0.457. The lowest BCUT2D eigenvalue weighted by Crippen LogP contribution is -2.22. The molecule has 0 radical (unpaired) electrons. The minimum absolute atomic E-state index is 0.457. The summed E-state index contributed by atoms with van der Waals surface area (Å²) in [5.41, 5.74) is 5.71. The number of nitrogens with zero attached hydrogens (tertiary/aromatic N) is 2. The lowest BCUT2D eigenvalue weighted by Gasteiger charge is -2.17. The molecule has 0 atom stereocenters. The van der Waals surface area contributed by atoms with Gasteiger partial charge >= 0.3 is 0 Å². The molecular weight excluding hydrogens is 238 g/mol. The second-order valence-electron chi connectivity index (χ2n) is 4.35. The summed E-state index contributed by atoms with van der Waals surface area (Å²) in [5, 5.41) is 0.958. The zero-order valence-electron chi connectivity index (χ0n) is 10.3. The van der Waals surface area contributed by atoms with Crippen molar-refractivity contribution in [3.8, 4) is 5.75 Å². The van der Waals surface area contributed by atoms with Gasteiger partial charge in [-0.05, 0) is 30.3 Å². The monoisotopic (exact) mass is 257 g/mol. The fraction of sp³-hybridized carbons (Fsp3) is 0.727. The van der Waals surface area contributed by atoms with Gasteiger partial charge in [0.05, 0.1) is 13.7 Å². The van der Waals surface area contributed by atoms with E-state index in [4.69, 9.17) is 15.2 Å². The Morgan fingerprint density at radius 1 is 1.53 bits per heavy atom. The highest BCUT2D eigenvalue weighted by molar-refractivity contribution is 7.11. The second kappa shape index (κ2) is 5.55. The number of likely N-dealkylation sites (N-methyl/N-ethyl adjacent to an activating group) is 1. The fourth-order valence-electron chi connectivity index (χ4n) is 1.56. The maximum atomic E-state index is 5.71. The van der Waals surface area contributed by atoms with Gasteiger partial charge in [-0.1, -0.05) is 0 Å². The van der Waals surface area contributed by atoms with Gasteiger partial charge in [-0.15, -0.1) is 0 Å². The number of nitrogen functional groups attached to an aromatic ring is 1. The van der Waals surface area contributed by atoms with Crippen LogP contribution in [-0.2, 0) is 4.74 Å². The van der Waals surface area contributed by atoms with Crippen molar-refractivity contribution in [3.05, 3.63) is 0 Å². The van der Waals surface area contributed by atoms with E-state index in [1.807, 2.05) is 7.05 Å². The first-order chi connectivity index (χ1) is 8.22. The van der Waals surface area contributed by atoms with Gasteiger partial charge < -0.3 is 20.1 Å². The van der Waals surface area contributed by atoms with Crippen LogP contribution in [0, 0.1) is 5.92 Å². The van der Waals surface area contributed by atoms with Gasteiger partial charge in [0.1, 0.15) is 0 Å². The Balaban J connectivity index is 1.78. The minimum Gasteiger partial charge on any atom is -0.490 e. The Hall–Kier alpha value is -1.01. The number of hydrogen-bond donors (Lipinski definition) is 1. The third-order valence-electron chi connectivity index (χ3n) is 2.83. The average molecular weight is 257 g/mol. The van der Waals surface area contributed by atoms with Crippen LogP contribution in [0.4, 0.5) is 10.8 Å². The molecule has 96 valence electrons. The smallest absolute Gasteiger partial charge is 0.197 e. The predicted octanol–water partition coefficient (Wildman–Crippen LogP) is 1.60. The summed E-state index contributed by atoms with van der Waals surface area (Å²) < 4.78 is 14.9. The number of aromatic nitrogens is 1. The largest absolute Gasteiger partial charge is 0.490 e. The summed E-state index contributed by atoms with van der Waals surface area (Å²) >= 11 is 1.36. The van der Waals surface area contributed by atoms with Gasteiger partial charge in [0.2, 0.25) is 0 Å². The van der Waals surface area contributed by atoms with E-state index in [0.717, 1.165) is 30.7 Å². The van der Waals surface area contributed by atoms with Crippen LogP contribution in [0.1, 0.15) is 12.8 Å². The van der Waals surface area contributed by atoms with Crippen LogP contribution < -0.4 is 15.4 Å². The van der Waals surface area contributed by atoms with Gasteiger partial charge in [-0.25, -0.2) is 0 Å². The molecule has 1 aromatic rings. The maximum absolute atomic E-state index is 5.71. The molecule has 0 aliphatic heterocycles. The number of hydrogen-bond acceptors (Lipinski definition) is 6. The highest BCUT2D eigenvalue weighted by Gasteiger charge is 2.21. The molecule has 0 unspecified atom stereocenters. The van der Waals surface area contributed by atoms with Gasteiger partial charge in [0.15, 0.2) is 16.6 Å². The number of methoxy groups -OCH3 is 1. The summed E-state index contributed by atoms with van der Waals surface area (Å²) in [7, 11) is 3.61. The van der Waals surface area contributed by atoms with E-state index in [1.54, 1.807) is 7.11 Å². The Kier molecular flexibility index (Phi) is 4.06. The van der Waals surface area contributed by atoms with Crippen molar-refractivity contribution in [2.75, 3.05) is 44.5 Å². The number of nitrogens with two attached hydrogens (primary N) is 1. The molecule has 1 aliphatic carbocycles. The first kappa shape index (κ1) is 12.4. The van der Waals surface area contributed by atoms with E-state index >= 15 is 0 Å². The molecular formula is C11H19N3O2S. The molecule has 6 heteroatoms. The van der Waals surface area contributed by atoms with E-state index in [-0.39, 0.29) is 0 Å². The molecule has 0 saturated heterocycles. The van der Waals surface area contributed by atoms with E-state index in [2.05, 4.69) is 9.27 Å². The molecule has 2 N–H and O–H groups in total. The van der Waals surface area contributed by atoms with E-state index in [1.165, 1.54) is 24.4 Å². The molecule has 17 heavy (non-hydrogen) atoms. The number of ether oxygens (including phenoxy) is 2. The first-order valence-electron chi connectivity index (χ1n) is 5.80. The molecule has 2 rings (SSSR count). The van der Waals surface area contributed by atoms with Crippen LogP contribution in [0.15, 0.2) is 0 Å². The van der Waals surface area contributed by atoms with E-state index in [9.17, 15) is 0 Å². The Labute approximate surface area is 106 Å². The zero-order chi connectivity index (χ0) is 12.3. The molecule has 0 bridgehead atoms. The molecule has 1 aromatic heterocycles. The van der Waals surface area contributed by atoms with Crippen LogP contribution in [0.3, 0.4) is 0 Å². The summed E-state index contributed by atoms with van der Waals surface area (Å²) in [4.78, 5) is 2.07. The third kappa shape index (κ3) is 3.23. The lowest BCUT2D eigenvalue weighted by molar-refractivity contribution is 0.131. The van der Waals surface area contributed by atoms with Crippen molar-refractivity contribution in [2.45, 2.75) is 12.8 Å². The van der Waals surface area contributed by atoms with Crippen molar-refractivity contribution in [1.29, 1.82) is 0 Å². The fourth-order valence-corrected chi connectivity index (χ4v) is 2.33. The van der Waals surface area contributed by atoms with Crippen LogP contribution in [0.2, 0.25) is 0 Å². The third-order valence-corrected chi connectivity index (χ3v) is 3.79. The normalized spacial score (nSPS) is 14.9. The van der Waals surface area contributed by atoms with Crippen LogP contribution in [0.25, 0.3) is 0 Å². The first-order valence-corrected chi connectivity index (χ1v) is 6.57. The highest BCUT2D eigenvalue weighted by Crippen LogP contribution is 2.37.